The average Bonchev–Trinajstić information content (AvgIpc) is 3.59. The van der Waals surface area contributed by atoms with Gasteiger partial charge in [-0.25, -0.2) is 13.9 Å². The maximum atomic E-state index is 14.3. The summed E-state index contributed by atoms with van der Waals surface area (Å²) in [5, 5.41) is 16.8. The van der Waals surface area contributed by atoms with Gasteiger partial charge in [0.05, 0.1) is 23.9 Å². The Balaban J connectivity index is 1.42. The van der Waals surface area contributed by atoms with E-state index in [4.69, 9.17) is 4.42 Å². The molecule has 0 aliphatic carbocycles. The third-order valence-electron chi connectivity index (χ3n) is 5.87. The van der Waals surface area contributed by atoms with E-state index in [0.717, 1.165) is 11.3 Å². The summed E-state index contributed by atoms with van der Waals surface area (Å²) in [6.45, 7) is 2.24. The van der Waals surface area contributed by atoms with Crippen molar-refractivity contribution in [1.82, 2.24) is 44.5 Å². The number of aromatic amines is 1. The van der Waals surface area contributed by atoms with Crippen LogP contribution in [-0.2, 0) is 13.5 Å². The molecule has 6 rings (SSSR count). The van der Waals surface area contributed by atoms with Crippen LogP contribution in [0.1, 0.15) is 39.4 Å². The summed E-state index contributed by atoms with van der Waals surface area (Å²) in [5.74, 6) is -0.797. The summed E-state index contributed by atoms with van der Waals surface area (Å²) in [5.41, 5.74) is 3.85. The molecule has 5 aromatic rings. The van der Waals surface area contributed by atoms with E-state index in [1.807, 2.05) is 6.92 Å². The Morgan fingerprint density at radius 2 is 2.21 bits per heavy atom. The largest absolute Gasteiger partial charge is 0.411 e. The number of carbonyl (C=O) groups excluding carboxylic acids is 1. The van der Waals surface area contributed by atoms with Crippen molar-refractivity contribution in [2.75, 3.05) is 6.54 Å². The van der Waals surface area contributed by atoms with Crippen molar-refractivity contribution in [3.63, 3.8) is 0 Å². The molecule has 1 aliphatic rings. The lowest BCUT2D eigenvalue weighted by molar-refractivity contribution is 0.0646. The molecule has 5 aromatic heterocycles. The number of halogens is 1. The number of rotatable bonds is 3. The second kappa shape index (κ2) is 7.08. The molecule has 1 aliphatic heterocycles. The highest BCUT2D eigenvalue weighted by atomic mass is 19.1. The molecule has 1 atom stereocenters. The van der Waals surface area contributed by atoms with Crippen LogP contribution in [0.4, 0.5) is 4.39 Å². The highest BCUT2D eigenvalue weighted by molar-refractivity contribution is 5.90. The number of amides is 1. The van der Waals surface area contributed by atoms with E-state index < -0.39 is 17.8 Å². The first-order chi connectivity index (χ1) is 16.0. The van der Waals surface area contributed by atoms with Crippen LogP contribution in [0, 0.1) is 12.7 Å². The van der Waals surface area contributed by atoms with Gasteiger partial charge in [-0.3, -0.25) is 9.48 Å². The van der Waals surface area contributed by atoms with E-state index in [1.165, 1.54) is 10.6 Å². The summed E-state index contributed by atoms with van der Waals surface area (Å²) in [6.07, 6.45) is 5.49. The molecule has 0 radical (unpaired) electrons. The molecule has 0 fully saturated rings. The standard InChI is InChI=1S/C21H18FN9O2/c1-11-9-25-29(2)17(11)19-26-27-20(33-19)21(32)30-7-5-13-16(24-10-23-13)18(30)14-8-15-12(22)4-3-6-31(15)28-14/h3-4,6,8-10,18H,5,7H2,1-2H3,(H,23,24). The predicted molar refractivity (Wildman–Crippen MR) is 112 cm³/mol. The predicted octanol–water partition coefficient (Wildman–Crippen LogP) is 2.08. The summed E-state index contributed by atoms with van der Waals surface area (Å²) < 4.78 is 23.1. The summed E-state index contributed by atoms with van der Waals surface area (Å²) in [4.78, 5) is 22.6. The van der Waals surface area contributed by atoms with E-state index in [9.17, 15) is 9.18 Å². The minimum Gasteiger partial charge on any atom is -0.411 e. The van der Waals surface area contributed by atoms with Crippen LogP contribution in [0.15, 0.2) is 41.3 Å². The molecule has 1 unspecified atom stereocenters. The Hall–Kier alpha value is -4.35. The number of hydrogen-bond donors (Lipinski definition) is 1. The number of nitrogens with zero attached hydrogens (tertiary/aromatic N) is 8. The summed E-state index contributed by atoms with van der Waals surface area (Å²) in [6, 6.07) is 3.93. The monoisotopic (exact) mass is 447 g/mol. The maximum absolute atomic E-state index is 14.3. The molecule has 11 nitrogen and oxygen atoms in total. The minimum absolute atomic E-state index is 0.149. The fourth-order valence-electron chi connectivity index (χ4n) is 4.31. The van der Waals surface area contributed by atoms with E-state index >= 15 is 0 Å². The molecule has 0 saturated heterocycles. The molecule has 6 heterocycles. The number of H-pyrrole nitrogens is 1. The lowest BCUT2D eigenvalue weighted by Crippen LogP contribution is -2.41. The van der Waals surface area contributed by atoms with Gasteiger partial charge >= 0.3 is 11.8 Å². The Morgan fingerprint density at radius 1 is 1.33 bits per heavy atom. The molecule has 0 saturated carbocycles. The molecule has 1 amide bonds. The molecule has 166 valence electrons. The van der Waals surface area contributed by atoms with Gasteiger partial charge in [-0.2, -0.15) is 10.2 Å². The van der Waals surface area contributed by atoms with E-state index in [2.05, 4.69) is 30.4 Å². The van der Waals surface area contributed by atoms with Crippen molar-refractivity contribution < 1.29 is 13.6 Å². The lowest BCUT2D eigenvalue weighted by atomic mass is 9.99. The zero-order valence-electron chi connectivity index (χ0n) is 17.7. The van der Waals surface area contributed by atoms with Crippen LogP contribution >= 0.6 is 0 Å². The molecule has 0 aromatic carbocycles. The van der Waals surface area contributed by atoms with Gasteiger partial charge in [0.15, 0.2) is 0 Å². The smallest absolute Gasteiger partial charge is 0.312 e. The first-order valence-corrected chi connectivity index (χ1v) is 10.3. The van der Waals surface area contributed by atoms with Crippen molar-refractivity contribution >= 4 is 11.4 Å². The van der Waals surface area contributed by atoms with E-state index in [1.54, 1.807) is 47.5 Å². The van der Waals surface area contributed by atoms with Crippen molar-refractivity contribution in [3.05, 3.63) is 71.3 Å². The fraction of sp³-hybridized carbons (Fsp3) is 0.238. The second-order valence-electron chi connectivity index (χ2n) is 7.88. The second-order valence-corrected chi connectivity index (χ2v) is 7.88. The van der Waals surface area contributed by atoms with Crippen LogP contribution in [0.2, 0.25) is 0 Å². The van der Waals surface area contributed by atoms with Crippen molar-refractivity contribution in [2.24, 2.45) is 7.05 Å². The van der Waals surface area contributed by atoms with Crippen molar-refractivity contribution in [3.8, 4) is 11.6 Å². The van der Waals surface area contributed by atoms with E-state index in [0.29, 0.717) is 35.6 Å². The quantitative estimate of drug-likeness (QED) is 0.449. The summed E-state index contributed by atoms with van der Waals surface area (Å²) in [7, 11) is 1.76. The highest BCUT2D eigenvalue weighted by Crippen LogP contribution is 2.34. The number of pyridine rings is 1. The van der Waals surface area contributed by atoms with Crippen LogP contribution in [0.5, 0.6) is 0 Å². The van der Waals surface area contributed by atoms with Crippen molar-refractivity contribution in [2.45, 2.75) is 19.4 Å². The molecule has 33 heavy (non-hydrogen) atoms. The van der Waals surface area contributed by atoms with Crippen LogP contribution in [-0.4, -0.2) is 56.9 Å². The van der Waals surface area contributed by atoms with Gasteiger partial charge in [0.25, 0.3) is 5.89 Å². The fourth-order valence-corrected chi connectivity index (χ4v) is 4.31. The van der Waals surface area contributed by atoms with Gasteiger partial charge in [-0.1, -0.05) is 0 Å². The molecular weight excluding hydrogens is 429 g/mol. The molecular formula is C21H18FN9O2. The van der Waals surface area contributed by atoms with Gasteiger partial charge in [-0.15, -0.1) is 10.2 Å². The SMILES string of the molecule is Cc1cnn(C)c1-c1nnc(C(=O)N2CCc3[nH]cnc3C2c2cc3c(F)cccn3n2)o1. The van der Waals surface area contributed by atoms with Gasteiger partial charge < -0.3 is 14.3 Å². The number of carbonyl (C=O) groups is 1. The molecule has 1 N–H and O–H groups in total. The number of fused-ring (bicyclic) bond motifs is 2. The minimum atomic E-state index is -0.638. The first-order valence-electron chi connectivity index (χ1n) is 10.3. The third kappa shape index (κ3) is 2.94. The third-order valence-corrected chi connectivity index (χ3v) is 5.87. The normalized spacial score (nSPS) is 15.8. The van der Waals surface area contributed by atoms with Gasteiger partial charge in [0.1, 0.15) is 23.1 Å². The highest BCUT2D eigenvalue weighted by Gasteiger charge is 2.38. The van der Waals surface area contributed by atoms with E-state index in [-0.39, 0.29) is 11.8 Å². The number of nitrogens with one attached hydrogen (secondary N) is 1. The Bertz CT molecular complexity index is 1490. The number of aromatic nitrogens is 8. The lowest BCUT2D eigenvalue weighted by Gasteiger charge is -2.32. The Morgan fingerprint density at radius 3 is 3.00 bits per heavy atom. The van der Waals surface area contributed by atoms with Crippen LogP contribution < -0.4 is 0 Å². The number of imidazole rings is 1. The number of aryl methyl sites for hydroxylation is 2. The van der Waals surface area contributed by atoms with Gasteiger partial charge in [0, 0.05) is 31.9 Å². The van der Waals surface area contributed by atoms with Crippen LogP contribution in [0.25, 0.3) is 17.1 Å². The van der Waals surface area contributed by atoms with Crippen molar-refractivity contribution in [1.29, 1.82) is 0 Å². The molecule has 0 spiro atoms. The zero-order chi connectivity index (χ0) is 22.7. The number of hydrogen-bond acceptors (Lipinski definition) is 7. The van der Waals surface area contributed by atoms with Crippen LogP contribution in [0.3, 0.4) is 0 Å². The zero-order valence-corrected chi connectivity index (χ0v) is 17.7. The average molecular weight is 447 g/mol. The topological polar surface area (TPSA) is 123 Å². The summed E-state index contributed by atoms with van der Waals surface area (Å²) >= 11 is 0. The van der Waals surface area contributed by atoms with Gasteiger partial charge in [0.2, 0.25) is 0 Å². The Labute approximate surface area is 185 Å². The molecule has 12 heteroatoms. The maximum Gasteiger partial charge on any atom is 0.312 e. The Kier molecular flexibility index (Phi) is 4.15. The first kappa shape index (κ1) is 19.3. The molecule has 0 bridgehead atoms. The van der Waals surface area contributed by atoms with Gasteiger partial charge in [-0.05, 0) is 30.7 Å².